The van der Waals surface area contributed by atoms with Crippen LogP contribution < -0.4 is 5.73 Å². The van der Waals surface area contributed by atoms with Crippen molar-refractivity contribution in [2.24, 2.45) is 5.73 Å². The van der Waals surface area contributed by atoms with E-state index in [0.717, 1.165) is 5.56 Å². The van der Waals surface area contributed by atoms with Crippen LogP contribution in [0.1, 0.15) is 18.4 Å². The lowest BCUT2D eigenvalue weighted by molar-refractivity contribution is -0.142. The predicted molar refractivity (Wildman–Crippen MR) is 89.3 cm³/mol. The van der Waals surface area contributed by atoms with Crippen molar-refractivity contribution in [2.75, 3.05) is 20.7 Å². The van der Waals surface area contributed by atoms with Crippen LogP contribution in [0.2, 0.25) is 5.02 Å². The highest BCUT2D eigenvalue weighted by atomic mass is 35.5. The molecular formula is C15H22Cl2N2O3. The highest BCUT2D eigenvalue weighted by molar-refractivity contribution is 6.31. The van der Waals surface area contributed by atoms with Crippen molar-refractivity contribution >= 4 is 35.9 Å². The van der Waals surface area contributed by atoms with Crippen molar-refractivity contribution in [1.82, 2.24) is 4.90 Å². The predicted octanol–water partition coefficient (Wildman–Crippen LogP) is 2.04. The molecule has 0 heterocycles. The average molecular weight is 349 g/mol. The summed E-state index contributed by atoms with van der Waals surface area (Å²) in [6.45, 7) is 0.566. The molecule has 0 aliphatic carbocycles. The van der Waals surface area contributed by atoms with Crippen LogP contribution in [-0.2, 0) is 20.7 Å². The number of carbonyl (C=O) groups excluding carboxylic acids is 2. The Morgan fingerprint density at radius 1 is 1.36 bits per heavy atom. The van der Waals surface area contributed by atoms with Crippen LogP contribution in [0.25, 0.3) is 0 Å². The molecular weight excluding hydrogens is 327 g/mol. The number of likely N-dealkylation sites (N-methyl/N-ethyl adjacent to an activating group) is 1. The summed E-state index contributed by atoms with van der Waals surface area (Å²) in [6.07, 6.45) is 1.18. The lowest BCUT2D eigenvalue weighted by atomic mass is 10.1. The molecule has 1 aromatic carbocycles. The zero-order valence-electron chi connectivity index (χ0n) is 12.8. The van der Waals surface area contributed by atoms with Crippen LogP contribution in [0.15, 0.2) is 24.3 Å². The Morgan fingerprint density at radius 3 is 2.59 bits per heavy atom. The van der Waals surface area contributed by atoms with Gasteiger partial charge in [-0.25, -0.2) is 0 Å². The van der Waals surface area contributed by atoms with Gasteiger partial charge in [-0.15, -0.1) is 12.4 Å². The number of methoxy groups -OCH3 is 1. The number of nitrogens with two attached hydrogens (primary N) is 1. The molecule has 0 saturated heterocycles. The van der Waals surface area contributed by atoms with E-state index in [-0.39, 0.29) is 31.2 Å². The highest BCUT2D eigenvalue weighted by Gasteiger charge is 2.17. The van der Waals surface area contributed by atoms with Gasteiger partial charge in [0.05, 0.1) is 7.11 Å². The summed E-state index contributed by atoms with van der Waals surface area (Å²) in [4.78, 5) is 24.7. The monoisotopic (exact) mass is 348 g/mol. The van der Waals surface area contributed by atoms with Gasteiger partial charge in [0.15, 0.2) is 0 Å². The van der Waals surface area contributed by atoms with Gasteiger partial charge in [0.2, 0.25) is 5.91 Å². The van der Waals surface area contributed by atoms with Crippen LogP contribution in [0, 0.1) is 0 Å². The zero-order chi connectivity index (χ0) is 15.8. The lowest BCUT2D eigenvalue weighted by Crippen LogP contribution is -2.35. The first-order valence-electron chi connectivity index (χ1n) is 6.76. The third kappa shape index (κ3) is 6.64. The quantitative estimate of drug-likeness (QED) is 0.765. The molecule has 1 aromatic rings. The van der Waals surface area contributed by atoms with E-state index in [1.54, 1.807) is 11.9 Å². The van der Waals surface area contributed by atoms with E-state index in [1.807, 2.05) is 24.3 Å². The van der Waals surface area contributed by atoms with Gasteiger partial charge in [-0.1, -0.05) is 29.8 Å². The molecule has 0 fully saturated rings. The second kappa shape index (κ2) is 10.4. The fourth-order valence-electron chi connectivity index (χ4n) is 1.85. The molecule has 0 saturated carbocycles. The molecule has 0 aromatic heterocycles. The zero-order valence-corrected chi connectivity index (χ0v) is 14.3. The van der Waals surface area contributed by atoms with Crippen molar-refractivity contribution in [3.8, 4) is 0 Å². The van der Waals surface area contributed by atoms with Gasteiger partial charge in [-0.3, -0.25) is 9.59 Å². The van der Waals surface area contributed by atoms with E-state index in [1.165, 1.54) is 7.11 Å². The Bertz CT molecular complexity index is 497. The molecule has 0 aliphatic rings. The molecule has 7 heteroatoms. The Kier molecular flexibility index (Phi) is 9.81. The van der Waals surface area contributed by atoms with Gasteiger partial charge in [0.1, 0.15) is 6.04 Å². The maximum atomic E-state index is 11.9. The van der Waals surface area contributed by atoms with Crippen LogP contribution in [0.4, 0.5) is 0 Å². The number of carbonyl (C=O) groups is 2. The number of benzene rings is 1. The smallest absolute Gasteiger partial charge is 0.322 e. The third-order valence-electron chi connectivity index (χ3n) is 3.27. The standard InChI is InChI=1S/C15H21ClN2O3.ClH/c1-18(10-9-11-5-3-4-6-12(11)16)14(19)8-7-13(17)15(20)21-2;/h3-6,13H,7-10,17H2,1-2H3;1H/t13-;/m0./s1. The normalized spacial score (nSPS) is 11.3. The molecule has 0 radical (unpaired) electrons. The summed E-state index contributed by atoms with van der Waals surface area (Å²) in [5.74, 6) is -0.553. The van der Waals surface area contributed by atoms with E-state index in [0.29, 0.717) is 18.0 Å². The molecule has 2 N–H and O–H groups in total. The molecule has 0 aliphatic heterocycles. The highest BCUT2D eigenvalue weighted by Crippen LogP contribution is 2.15. The van der Waals surface area contributed by atoms with Gasteiger partial charge in [0, 0.05) is 25.0 Å². The minimum atomic E-state index is -0.754. The van der Waals surface area contributed by atoms with Crippen molar-refractivity contribution in [3.05, 3.63) is 34.9 Å². The summed E-state index contributed by atoms with van der Waals surface area (Å²) in [5, 5.41) is 0.700. The summed E-state index contributed by atoms with van der Waals surface area (Å²) in [7, 11) is 3.00. The Labute approximate surface area is 142 Å². The van der Waals surface area contributed by atoms with Crippen molar-refractivity contribution < 1.29 is 14.3 Å². The molecule has 1 atom stereocenters. The average Bonchev–Trinajstić information content (AvgIpc) is 2.50. The lowest BCUT2D eigenvalue weighted by Gasteiger charge is -2.18. The fourth-order valence-corrected chi connectivity index (χ4v) is 2.08. The SMILES string of the molecule is COC(=O)[C@@H](N)CCC(=O)N(C)CCc1ccccc1Cl.Cl. The molecule has 22 heavy (non-hydrogen) atoms. The van der Waals surface area contributed by atoms with Crippen LogP contribution in [0.5, 0.6) is 0 Å². The Balaban J connectivity index is 0.00000441. The van der Waals surface area contributed by atoms with Gasteiger partial charge >= 0.3 is 5.97 Å². The molecule has 1 amide bonds. The number of hydrogen-bond donors (Lipinski definition) is 1. The molecule has 5 nitrogen and oxygen atoms in total. The van der Waals surface area contributed by atoms with E-state index in [4.69, 9.17) is 17.3 Å². The number of rotatable bonds is 7. The van der Waals surface area contributed by atoms with Gasteiger partial charge in [0.25, 0.3) is 0 Å². The number of esters is 1. The maximum absolute atomic E-state index is 11.9. The first kappa shape index (κ1) is 20.7. The minimum absolute atomic E-state index is 0. The van der Waals surface area contributed by atoms with Crippen LogP contribution >= 0.6 is 24.0 Å². The van der Waals surface area contributed by atoms with Crippen LogP contribution in [0.3, 0.4) is 0 Å². The van der Waals surface area contributed by atoms with Crippen LogP contribution in [-0.4, -0.2) is 43.5 Å². The number of ether oxygens (including phenoxy) is 1. The molecule has 1 rings (SSSR count). The first-order chi connectivity index (χ1) is 9.95. The van der Waals surface area contributed by atoms with Crippen molar-refractivity contribution in [1.29, 1.82) is 0 Å². The first-order valence-corrected chi connectivity index (χ1v) is 7.14. The number of amides is 1. The number of halogens is 2. The maximum Gasteiger partial charge on any atom is 0.322 e. The van der Waals surface area contributed by atoms with Crippen molar-refractivity contribution in [3.63, 3.8) is 0 Å². The summed E-state index contributed by atoms with van der Waals surface area (Å²) >= 11 is 6.07. The number of nitrogens with zero attached hydrogens (tertiary/aromatic N) is 1. The van der Waals surface area contributed by atoms with E-state index >= 15 is 0 Å². The van der Waals surface area contributed by atoms with Gasteiger partial charge in [-0.2, -0.15) is 0 Å². The van der Waals surface area contributed by atoms with Crippen molar-refractivity contribution in [2.45, 2.75) is 25.3 Å². The fraction of sp³-hybridized carbons (Fsp3) is 0.467. The third-order valence-corrected chi connectivity index (χ3v) is 3.64. The second-order valence-corrected chi connectivity index (χ2v) is 5.23. The van der Waals surface area contributed by atoms with Gasteiger partial charge in [-0.05, 0) is 24.5 Å². The topological polar surface area (TPSA) is 72.6 Å². The minimum Gasteiger partial charge on any atom is -0.468 e. The van der Waals surface area contributed by atoms with E-state index in [2.05, 4.69) is 4.74 Å². The molecule has 0 spiro atoms. The Morgan fingerprint density at radius 2 is 2.00 bits per heavy atom. The van der Waals surface area contributed by atoms with Gasteiger partial charge < -0.3 is 15.4 Å². The van der Waals surface area contributed by atoms with E-state index < -0.39 is 12.0 Å². The molecule has 124 valence electrons. The Hall–Kier alpha value is -1.30. The summed E-state index contributed by atoms with van der Waals surface area (Å²) < 4.78 is 4.52. The molecule has 0 bridgehead atoms. The molecule has 0 unspecified atom stereocenters. The number of hydrogen-bond acceptors (Lipinski definition) is 4. The summed E-state index contributed by atoms with van der Waals surface area (Å²) in [6, 6.07) is 6.80. The largest absolute Gasteiger partial charge is 0.468 e. The van der Waals surface area contributed by atoms with E-state index in [9.17, 15) is 9.59 Å². The second-order valence-electron chi connectivity index (χ2n) is 4.83. The summed E-state index contributed by atoms with van der Waals surface area (Å²) in [5.41, 5.74) is 6.60.